The summed E-state index contributed by atoms with van der Waals surface area (Å²) in [6.07, 6.45) is -3.25. The van der Waals surface area contributed by atoms with E-state index in [4.69, 9.17) is 20.7 Å². The second-order valence-corrected chi connectivity index (χ2v) is 8.14. The number of hydrogen-bond donors (Lipinski definition) is 4. The van der Waals surface area contributed by atoms with Crippen molar-refractivity contribution in [1.82, 2.24) is 9.71 Å². The van der Waals surface area contributed by atoms with E-state index >= 15 is 0 Å². The van der Waals surface area contributed by atoms with E-state index < -0.39 is 28.1 Å². The number of benzene rings is 1. The summed E-state index contributed by atoms with van der Waals surface area (Å²) in [7, 11) is -3.77. The van der Waals surface area contributed by atoms with Crippen LogP contribution in [-0.4, -0.2) is 48.3 Å². The summed E-state index contributed by atoms with van der Waals surface area (Å²) in [5.41, 5.74) is 6.60. The smallest absolute Gasteiger partial charge is 0.478 e. The van der Waals surface area contributed by atoms with Gasteiger partial charge in [-0.3, -0.25) is 0 Å². The number of rotatable bonds is 6. The molecule has 0 aliphatic rings. The number of sulfonamides is 1. The standard InChI is InChI=1S/C14H14BrN3O4S.C2HF3O2/c15-11-7-12(13(16)17-8-11)23(21,22)18-6-5-9-1-3-10(4-2-9)14(19)20;3-2(4,5)1(6)7/h1-4,7-8,18H,5-6H2,(H2,16,17)(H,19,20);(H,6,7). The molecule has 2 aromatic rings. The zero-order valence-electron chi connectivity index (χ0n) is 14.9. The van der Waals surface area contributed by atoms with Gasteiger partial charge in [0.25, 0.3) is 0 Å². The molecule has 0 fully saturated rings. The molecule has 0 unspecified atom stereocenters. The Hall–Kier alpha value is -2.71. The van der Waals surface area contributed by atoms with Crippen molar-refractivity contribution < 1.29 is 41.4 Å². The molecule has 0 saturated heterocycles. The molecule has 0 amide bonds. The van der Waals surface area contributed by atoms with Crippen LogP contribution in [0.4, 0.5) is 19.0 Å². The maximum absolute atomic E-state index is 12.2. The van der Waals surface area contributed by atoms with Crippen LogP contribution >= 0.6 is 15.9 Å². The molecule has 30 heavy (non-hydrogen) atoms. The molecular formula is C16H15BrF3N3O6S. The first-order valence-electron chi connectivity index (χ1n) is 7.77. The third-order valence-electron chi connectivity index (χ3n) is 3.29. The summed E-state index contributed by atoms with van der Waals surface area (Å²) >= 11 is 3.15. The normalized spacial score (nSPS) is 11.3. The van der Waals surface area contributed by atoms with Crippen molar-refractivity contribution in [2.45, 2.75) is 17.5 Å². The van der Waals surface area contributed by atoms with Crippen molar-refractivity contribution in [3.63, 3.8) is 0 Å². The molecule has 9 nitrogen and oxygen atoms in total. The van der Waals surface area contributed by atoms with Gasteiger partial charge >= 0.3 is 18.1 Å². The lowest BCUT2D eigenvalue weighted by Crippen LogP contribution is -2.27. The first-order chi connectivity index (χ1) is 13.7. The van der Waals surface area contributed by atoms with Gasteiger partial charge in [-0.15, -0.1) is 0 Å². The van der Waals surface area contributed by atoms with Gasteiger partial charge in [-0.1, -0.05) is 12.1 Å². The SMILES string of the molecule is Nc1ncc(Br)cc1S(=O)(=O)NCCc1ccc(C(=O)O)cc1.O=C(O)C(F)(F)F. The van der Waals surface area contributed by atoms with E-state index in [1.807, 2.05) is 0 Å². The maximum atomic E-state index is 12.2. The van der Waals surface area contributed by atoms with Gasteiger partial charge in [0.1, 0.15) is 10.7 Å². The second-order valence-electron chi connectivity index (χ2n) is 5.49. The van der Waals surface area contributed by atoms with Gasteiger partial charge in [0.15, 0.2) is 0 Å². The topological polar surface area (TPSA) is 160 Å². The van der Waals surface area contributed by atoms with Crippen LogP contribution < -0.4 is 10.5 Å². The Morgan fingerprint density at radius 3 is 2.17 bits per heavy atom. The fraction of sp³-hybridized carbons (Fsp3) is 0.188. The number of anilines is 1. The van der Waals surface area contributed by atoms with Crippen LogP contribution in [0.25, 0.3) is 0 Å². The van der Waals surface area contributed by atoms with Crippen molar-refractivity contribution in [1.29, 1.82) is 0 Å². The number of alkyl halides is 3. The van der Waals surface area contributed by atoms with E-state index in [0.717, 1.165) is 5.56 Å². The number of carboxylic acid groups (broad SMARTS) is 2. The van der Waals surface area contributed by atoms with Crippen LogP contribution in [0, 0.1) is 0 Å². The van der Waals surface area contributed by atoms with Crippen molar-refractivity contribution in [3.8, 4) is 0 Å². The van der Waals surface area contributed by atoms with Gasteiger partial charge in [0.2, 0.25) is 10.0 Å². The predicted octanol–water partition coefficient (Wildman–Crippen LogP) is 2.28. The van der Waals surface area contributed by atoms with Gasteiger partial charge < -0.3 is 15.9 Å². The molecule has 0 spiro atoms. The Kier molecular flexibility index (Phi) is 8.74. The Bertz CT molecular complexity index is 1010. The van der Waals surface area contributed by atoms with Gasteiger partial charge in [-0.25, -0.2) is 27.7 Å². The van der Waals surface area contributed by atoms with Gasteiger partial charge in [0, 0.05) is 17.2 Å². The Balaban J connectivity index is 0.000000553. The third-order valence-corrected chi connectivity index (χ3v) is 5.21. The number of carboxylic acids is 2. The number of halogens is 4. The number of nitrogens with two attached hydrogens (primary N) is 1. The second kappa shape index (κ2) is 10.4. The summed E-state index contributed by atoms with van der Waals surface area (Å²) < 4.78 is 59.1. The lowest BCUT2D eigenvalue weighted by atomic mass is 10.1. The van der Waals surface area contributed by atoms with E-state index in [0.29, 0.717) is 10.9 Å². The molecular weight excluding hydrogens is 499 g/mol. The summed E-state index contributed by atoms with van der Waals surface area (Å²) in [4.78, 5) is 23.4. The summed E-state index contributed by atoms with van der Waals surface area (Å²) in [5, 5.41) is 15.9. The van der Waals surface area contributed by atoms with Crippen molar-refractivity contribution in [3.05, 3.63) is 52.1 Å². The van der Waals surface area contributed by atoms with Crippen molar-refractivity contribution >= 4 is 43.7 Å². The molecule has 0 aliphatic carbocycles. The minimum Gasteiger partial charge on any atom is -0.478 e. The Morgan fingerprint density at radius 1 is 1.17 bits per heavy atom. The van der Waals surface area contributed by atoms with E-state index in [9.17, 15) is 26.4 Å². The molecule has 1 heterocycles. The van der Waals surface area contributed by atoms with Crippen LogP contribution in [0.2, 0.25) is 0 Å². The van der Waals surface area contributed by atoms with Crippen LogP contribution in [-0.2, 0) is 21.2 Å². The molecule has 1 aromatic heterocycles. The first kappa shape index (κ1) is 25.3. The number of pyridine rings is 1. The average Bonchev–Trinajstić information content (AvgIpc) is 2.63. The number of aliphatic carboxylic acids is 1. The fourth-order valence-corrected chi connectivity index (χ4v) is 3.49. The van der Waals surface area contributed by atoms with Crippen molar-refractivity contribution in [2.75, 3.05) is 12.3 Å². The number of hydrogen-bond acceptors (Lipinski definition) is 6. The monoisotopic (exact) mass is 513 g/mol. The number of nitrogens with zero attached hydrogens (tertiary/aromatic N) is 1. The molecule has 0 radical (unpaired) electrons. The summed E-state index contributed by atoms with van der Waals surface area (Å²) in [5.74, 6) is -3.84. The summed E-state index contributed by atoms with van der Waals surface area (Å²) in [6, 6.07) is 7.62. The van der Waals surface area contributed by atoms with Crippen LogP contribution in [0.3, 0.4) is 0 Å². The minimum absolute atomic E-state index is 0.0773. The predicted molar refractivity (Wildman–Crippen MR) is 102 cm³/mol. The molecule has 0 bridgehead atoms. The van der Waals surface area contributed by atoms with E-state index in [1.54, 1.807) is 12.1 Å². The molecule has 1 aromatic carbocycles. The molecule has 14 heteroatoms. The Labute approximate surface area is 176 Å². The number of carbonyl (C=O) groups is 2. The van der Waals surface area contributed by atoms with E-state index in [1.165, 1.54) is 24.4 Å². The van der Waals surface area contributed by atoms with E-state index in [2.05, 4.69) is 25.6 Å². The highest BCUT2D eigenvalue weighted by atomic mass is 79.9. The third kappa shape index (κ3) is 7.96. The Morgan fingerprint density at radius 2 is 1.70 bits per heavy atom. The maximum Gasteiger partial charge on any atom is 0.490 e. The van der Waals surface area contributed by atoms with Gasteiger partial charge in [-0.05, 0) is 46.1 Å². The molecule has 2 rings (SSSR count). The quantitative estimate of drug-likeness (QED) is 0.457. The van der Waals surface area contributed by atoms with Crippen LogP contribution in [0.15, 0.2) is 45.9 Å². The molecule has 5 N–H and O–H groups in total. The molecule has 0 aliphatic heterocycles. The molecule has 164 valence electrons. The minimum atomic E-state index is -5.08. The van der Waals surface area contributed by atoms with E-state index in [-0.39, 0.29) is 22.8 Å². The molecule has 0 atom stereocenters. The van der Waals surface area contributed by atoms with Crippen LogP contribution in [0.5, 0.6) is 0 Å². The largest absolute Gasteiger partial charge is 0.490 e. The van der Waals surface area contributed by atoms with Crippen LogP contribution in [0.1, 0.15) is 15.9 Å². The van der Waals surface area contributed by atoms with Crippen molar-refractivity contribution in [2.24, 2.45) is 0 Å². The molecule has 0 saturated carbocycles. The fourth-order valence-electron chi connectivity index (χ4n) is 1.87. The highest BCUT2D eigenvalue weighted by Gasteiger charge is 2.38. The van der Waals surface area contributed by atoms with Gasteiger partial charge in [-0.2, -0.15) is 13.2 Å². The van der Waals surface area contributed by atoms with Gasteiger partial charge in [0.05, 0.1) is 5.56 Å². The number of nitrogen functional groups attached to an aromatic ring is 1. The highest BCUT2D eigenvalue weighted by Crippen LogP contribution is 2.20. The number of aromatic carboxylic acids is 1. The zero-order valence-corrected chi connectivity index (χ0v) is 17.3. The lowest BCUT2D eigenvalue weighted by molar-refractivity contribution is -0.192. The first-order valence-corrected chi connectivity index (χ1v) is 10.0. The number of nitrogens with one attached hydrogen (secondary N) is 1. The number of aromatic nitrogens is 1. The lowest BCUT2D eigenvalue weighted by Gasteiger charge is -2.09. The zero-order chi connectivity index (χ0) is 23.1. The summed E-state index contributed by atoms with van der Waals surface area (Å²) in [6.45, 7) is 0.153. The average molecular weight is 514 g/mol. The highest BCUT2D eigenvalue weighted by molar-refractivity contribution is 9.10.